The molecule has 1 aromatic heterocycles. The third kappa shape index (κ3) is 5.43. The lowest BCUT2D eigenvalue weighted by molar-refractivity contribution is 0.293. The van der Waals surface area contributed by atoms with E-state index in [1.54, 1.807) is 12.3 Å². The summed E-state index contributed by atoms with van der Waals surface area (Å²) < 4.78 is 29.0. The molecule has 0 amide bonds. The van der Waals surface area contributed by atoms with E-state index in [-0.39, 0.29) is 0 Å². The molecule has 0 unspecified atom stereocenters. The third-order valence-electron chi connectivity index (χ3n) is 3.46. The fourth-order valence-electron chi connectivity index (χ4n) is 2.25. The standard InChI is InChI=1S/C14H28N4O2S/c1-5-8-18(6-2)9-7-16-21(19,20)14-10-13(11-15-3)17(4)12-14/h10,12,15-16H,5-9,11H2,1-4H3. The van der Waals surface area contributed by atoms with Gasteiger partial charge in [-0.15, -0.1) is 0 Å². The van der Waals surface area contributed by atoms with Gasteiger partial charge in [0.2, 0.25) is 10.0 Å². The number of likely N-dealkylation sites (N-methyl/N-ethyl adjacent to an activating group) is 1. The zero-order valence-electron chi connectivity index (χ0n) is 13.5. The van der Waals surface area contributed by atoms with Crippen molar-refractivity contribution in [3.05, 3.63) is 18.0 Å². The molecule has 1 aromatic rings. The maximum Gasteiger partial charge on any atom is 0.242 e. The van der Waals surface area contributed by atoms with Crippen LogP contribution >= 0.6 is 0 Å². The maximum atomic E-state index is 12.3. The summed E-state index contributed by atoms with van der Waals surface area (Å²) in [5.41, 5.74) is 0.944. The molecule has 0 bridgehead atoms. The molecule has 0 fully saturated rings. The van der Waals surface area contributed by atoms with Crippen molar-refractivity contribution >= 4 is 10.0 Å². The van der Waals surface area contributed by atoms with Crippen LogP contribution < -0.4 is 10.0 Å². The van der Waals surface area contributed by atoms with Crippen molar-refractivity contribution in [3.63, 3.8) is 0 Å². The van der Waals surface area contributed by atoms with Crippen molar-refractivity contribution in [2.75, 3.05) is 33.2 Å². The number of hydrogen-bond donors (Lipinski definition) is 2. The summed E-state index contributed by atoms with van der Waals surface area (Å²) in [6.45, 7) is 7.97. The highest BCUT2D eigenvalue weighted by atomic mass is 32.2. The highest BCUT2D eigenvalue weighted by molar-refractivity contribution is 7.89. The second-order valence-corrected chi connectivity index (χ2v) is 6.91. The molecule has 0 aliphatic heterocycles. The summed E-state index contributed by atoms with van der Waals surface area (Å²) in [6, 6.07) is 1.71. The zero-order valence-corrected chi connectivity index (χ0v) is 14.3. The maximum absolute atomic E-state index is 12.3. The molecule has 0 atom stereocenters. The van der Waals surface area contributed by atoms with Crippen LogP contribution in [0.1, 0.15) is 26.0 Å². The van der Waals surface area contributed by atoms with Crippen LogP contribution in [0.4, 0.5) is 0 Å². The normalized spacial score (nSPS) is 12.2. The average Bonchev–Trinajstić information content (AvgIpc) is 2.80. The van der Waals surface area contributed by atoms with Gasteiger partial charge in [-0.05, 0) is 32.6 Å². The molecule has 0 aromatic carbocycles. The summed E-state index contributed by atoms with van der Waals surface area (Å²) in [6.07, 6.45) is 2.73. The predicted octanol–water partition coefficient (Wildman–Crippen LogP) is 0.755. The lowest BCUT2D eigenvalue weighted by atomic mass is 10.4. The number of aryl methyl sites for hydroxylation is 1. The summed E-state index contributed by atoms with van der Waals surface area (Å²) >= 11 is 0. The van der Waals surface area contributed by atoms with Crippen LogP contribution in [0.2, 0.25) is 0 Å². The van der Waals surface area contributed by atoms with E-state index < -0.39 is 10.0 Å². The Morgan fingerprint density at radius 1 is 1.29 bits per heavy atom. The van der Waals surface area contributed by atoms with Crippen molar-refractivity contribution in [2.24, 2.45) is 7.05 Å². The van der Waals surface area contributed by atoms with Gasteiger partial charge in [0.1, 0.15) is 0 Å². The van der Waals surface area contributed by atoms with Crippen LogP contribution in [0.3, 0.4) is 0 Å². The summed E-state index contributed by atoms with van der Waals surface area (Å²) in [5, 5.41) is 3.03. The quantitative estimate of drug-likeness (QED) is 0.669. The molecule has 21 heavy (non-hydrogen) atoms. The van der Waals surface area contributed by atoms with Crippen LogP contribution in [-0.2, 0) is 23.6 Å². The Morgan fingerprint density at radius 2 is 2.00 bits per heavy atom. The first kappa shape index (κ1) is 18.2. The lowest BCUT2D eigenvalue weighted by Crippen LogP contribution is -2.35. The van der Waals surface area contributed by atoms with E-state index in [4.69, 9.17) is 0 Å². The van der Waals surface area contributed by atoms with Crippen molar-refractivity contribution in [1.29, 1.82) is 0 Å². The van der Waals surface area contributed by atoms with Crippen molar-refractivity contribution in [2.45, 2.75) is 31.7 Å². The molecule has 1 rings (SSSR count). The fourth-order valence-corrected chi connectivity index (χ4v) is 3.36. The molecule has 2 N–H and O–H groups in total. The molecular weight excluding hydrogens is 288 g/mol. The minimum atomic E-state index is -3.42. The Kier molecular flexibility index (Phi) is 7.37. The number of nitrogens with zero attached hydrogens (tertiary/aromatic N) is 2. The minimum Gasteiger partial charge on any atom is -0.352 e. The molecule has 0 aliphatic carbocycles. The third-order valence-corrected chi connectivity index (χ3v) is 4.89. The van der Waals surface area contributed by atoms with E-state index in [2.05, 4.69) is 28.8 Å². The monoisotopic (exact) mass is 316 g/mol. The van der Waals surface area contributed by atoms with Crippen LogP contribution in [-0.4, -0.2) is 51.1 Å². The number of aromatic nitrogens is 1. The van der Waals surface area contributed by atoms with Crippen LogP contribution in [0.25, 0.3) is 0 Å². The second kappa shape index (κ2) is 8.53. The molecule has 7 heteroatoms. The van der Waals surface area contributed by atoms with E-state index >= 15 is 0 Å². The van der Waals surface area contributed by atoms with Crippen molar-refractivity contribution < 1.29 is 8.42 Å². The van der Waals surface area contributed by atoms with Gasteiger partial charge in [0.25, 0.3) is 0 Å². The summed E-state index contributed by atoms with van der Waals surface area (Å²) in [5.74, 6) is 0. The predicted molar refractivity (Wildman–Crippen MR) is 85.8 cm³/mol. The van der Waals surface area contributed by atoms with Gasteiger partial charge in [0.05, 0.1) is 4.90 Å². The fraction of sp³-hybridized carbons (Fsp3) is 0.714. The minimum absolute atomic E-state index is 0.328. The summed E-state index contributed by atoms with van der Waals surface area (Å²) in [7, 11) is 0.268. The largest absolute Gasteiger partial charge is 0.352 e. The molecule has 1 heterocycles. The first-order chi connectivity index (χ1) is 9.94. The van der Waals surface area contributed by atoms with Gasteiger partial charge >= 0.3 is 0 Å². The van der Waals surface area contributed by atoms with E-state index in [0.29, 0.717) is 18.0 Å². The van der Waals surface area contributed by atoms with Gasteiger partial charge in [0, 0.05) is 38.6 Å². The smallest absolute Gasteiger partial charge is 0.242 e. The Labute approximate surface area is 128 Å². The Hall–Kier alpha value is -0.890. The van der Waals surface area contributed by atoms with E-state index in [1.165, 1.54) is 0 Å². The van der Waals surface area contributed by atoms with E-state index in [1.807, 2.05) is 18.7 Å². The van der Waals surface area contributed by atoms with Gasteiger partial charge in [-0.1, -0.05) is 13.8 Å². The average molecular weight is 316 g/mol. The van der Waals surface area contributed by atoms with Crippen LogP contribution in [0.5, 0.6) is 0 Å². The second-order valence-electron chi connectivity index (χ2n) is 5.14. The first-order valence-corrected chi connectivity index (χ1v) is 8.94. The van der Waals surface area contributed by atoms with Gasteiger partial charge in [-0.2, -0.15) is 0 Å². The molecule has 0 spiro atoms. The molecule has 122 valence electrons. The highest BCUT2D eigenvalue weighted by Gasteiger charge is 2.17. The van der Waals surface area contributed by atoms with E-state index in [0.717, 1.165) is 31.7 Å². The SMILES string of the molecule is CCCN(CC)CCNS(=O)(=O)c1cc(CNC)n(C)c1. The first-order valence-electron chi connectivity index (χ1n) is 7.46. The van der Waals surface area contributed by atoms with Gasteiger partial charge in [-0.25, -0.2) is 13.1 Å². The van der Waals surface area contributed by atoms with Crippen LogP contribution in [0, 0.1) is 0 Å². The molecular formula is C14H28N4O2S. The van der Waals surface area contributed by atoms with Crippen molar-refractivity contribution in [3.8, 4) is 0 Å². The number of nitrogens with one attached hydrogen (secondary N) is 2. The van der Waals surface area contributed by atoms with Gasteiger partial charge in [-0.3, -0.25) is 0 Å². The summed E-state index contributed by atoms with van der Waals surface area (Å²) in [4.78, 5) is 2.56. The van der Waals surface area contributed by atoms with Gasteiger partial charge in [0.15, 0.2) is 0 Å². The van der Waals surface area contributed by atoms with Crippen LogP contribution in [0.15, 0.2) is 17.2 Å². The Morgan fingerprint density at radius 3 is 2.57 bits per heavy atom. The number of sulfonamides is 1. The number of hydrogen-bond acceptors (Lipinski definition) is 4. The molecule has 0 saturated carbocycles. The zero-order chi connectivity index (χ0) is 15.9. The van der Waals surface area contributed by atoms with Crippen molar-refractivity contribution in [1.82, 2.24) is 19.5 Å². The number of rotatable bonds is 10. The van der Waals surface area contributed by atoms with E-state index in [9.17, 15) is 8.42 Å². The molecule has 0 aliphatic rings. The Bertz CT molecular complexity index is 525. The van der Waals surface area contributed by atoms with Gasteiger partial charge < -0.3 is 14.8 Å². The lowest BCUT2D eigenvalue weighted by Gasteiger charge is -2.19. The molecule has 0 saturated heterocycles. The highest BCUT2D eigenvalue weighted by Crippen LogP contribution is 2.13. The molecule has 0 radical (unpaired) electrons. The topological polar surface area (TPSA) is 66.4 Å². The molecule has 6 nitrogen and oxygen atoms in total. The Balaban J connectivity index is 2.63.